The van der Waals surface area contributed by atoms with Crippen LogP contribution < -0.4 is 4.90 Å². The summed E-state index contributed by atoms with van der Waals surface area (Å²) in [6.45, 7) is 1.20. The Morgan fingerprint density at radius 1 is 1.24 bits per heavy atom. The average molecular weight is 242 g/mol. The topological polar surface area (TPSA) is 27.0 Å². The summed E-state index contributed by atoms with van der Waals surface area (Å²) in [4.78, 5) is 1.27. The van der Waals surface area contributed by atoms with Crippen molar-refractivity contribution in [2.45, 2.75) is 19.5 Å². The lowest BCUT2D eigenvalue weighted by Gasteiger charge is -2.25. The molecule has 0 atom stereocenters. The van der Waals surface area contributed by atoms with Gasteiger partial charge in [0.05, 0.1) is 11.6 Å². The molecule has 1 aromatic carbocycles. The zero-order valence-electron chi connectivity index (χ0n) is 9.46. The number of anilines is 1. The van der Waals surface area contributed by atoms with Gasteiger partial charge in [-0.25, -0.2) is 0 Å². The molecule has 0 spiro atoms. The van der Waals surface area contributed by atoms with Crippen LogP contribution in [0.1, 0.15) is 18.9 Å². The maximum atomic E-state index is 12.4. The van der Waals surface area contributed by atoms with Crippen LogP contribution in [-0.2, 0) is 0 Å². The Morgan fingerprint density at radius 3 is 2.24 bits per heavy atom. The second-order valence-corrected chi connectivity index (χ2v) is 3.70. The first-order valence-corrected chi connectivity index (χ1v) is 5.28. The molecule has 17 heavy (non-hydrogen) atoms. The lowest BCUT2D eigenvalue weighted by atomic mass is 10.2. The molecule has 0 aliphatic heterocycles. The summed E-state index contributed by atoms with van der Waals surface area (Å²) in [5, 5.41) is 8.61. The molecule has 1 aromatic rings. The van der Waals surface area contributed by atoms with Crippen LogP contribution in [0.25, 0.3) is 0 Å². The van der Waals surface area contributed by atoms with Gasteiger partial charge in [0.25, 0.3) is 0 Å². The highest BCUT2D eigenvalue weighted by atomic mass is 19.4. The van der Waals surface area contributed by atoms with Crippen LogP contribution in [0.2, 0.25) is 0 Å². The first-order chi connectivity index (χ1) is 7.96. The highest BCUT2D eigenvalue weighted by molar-refractivity contribution is 5.49. The summed E-state index contributed by atoms with van der Waals surface area (Å²) < 4.78 is 37.1. The monoisotopic (exact) mass is 242 g/mol. The van der Waals surface area contributed by atoms with Gasteiger partial charge in [0.1, 0.15) is 6.54 Å². The van der Waals surface area contributed by atoms with Crippen molar-refractivity contribution in [1.82, 2.24) is 0 Å². The van der Waals surface area contributed by atoms with Crippen molar-refractivity contribution in [3.63, 3.8) is 0 Å². The van der Waals surface area contributed by atoms with Crippen molar-refractivity contribution in [3.8, 4) is 6.07 Å². The van der Waals surface area contributed by atoms with Crippen molar-refractivity contribution >= 4 is 5.69 Å². The quantitative estimate of drug-likeness (QED) is 0.809. The van der Waals surface area contributed by atoms with Gasteiger partial charge in [-0.1, -0.05) is 6.92 Å². The summed E-state index contributed by atoms with van der Waals surface area (Å²) in [5.41, 5.74) is 0.931. The molecule has 0 fully saturated rings. The lowest BCUT2D eigenvalue weighted by molar-refractivity contribution is -0.119. The number of benzene rings is 1. The lowest BCUT2D eigenvalue weighted by Crippen LogP contribution is -2.34. The van der Waals surface area contributed by atoms with E-state index in [1.54, 1.807) is 12.1 Å². The molecular formula is C12H13F3N2. The highest BCUT2D eigenvalue weighted by Crippen LogP contribution is 2.22. The van der Waals surface area contributed by atoms with Gasteiger partial charge >= 0.3 is 6.18 Å². The first kappa shape index (κ1) is 13.4. The Balaban J connectivity index is 2.86. The van der Waals surface area contributed by atoms with E-state index in [1.807, 2.05) is 13.0 Å². The molecule has 0 aliphatic rings. The van der Waals surface area contributed by atoms with Crippen molar-refractivity contribution in [2.24, 2.45) is 0 Å². The van der Waals surface area contributed by atoms with Crippen LogP contribution >= 0.6 is 0 Å². The number of rotatable bonds is 4. The summed E-state index contributed by atoms with van der Waals surface area (Å²) >= 11 is 0. The molecule has 5 heteroatoms. The van der Waals surface area contributed by atoms with Gasteiger partial charge in [-0.05, 0) is 30.7 Å². The van der Waals surface area contributed by atoms with E-state index in [9.17, 15) is 13.2 Å². The molecule has 92 valence electrons. The van der Waals surface area contributed by atoms with Gasteiger partial charge in [0.2, 0.25) is 0 Å². The minimum Gasteiger partial charge on any atom is -0.363 e. The van der Waals surface area contributed by atoms with Gasteiger partial charge in [-0.2, -0.15) is 18.4 Å². The first-order valence-electron chi connectivity index (χ1n) is 5.28. The molecule has 0 radical (unpaired) electrons. The fourth-order valence-electron chi connectivity index (χ4n) is 1.53. The standard InChI is InChI=1S/C12H13F3N2/c1-2-7-17(9-12(13,14)15)11-5-3-10(8-16)4-6-11/h3-6H,2,7,9H2,1H3. The SMILES string of the molecule is CCCN(CC(F)(F)F)c1ccc(C#N)cc1. The van der Waals surface area contributed by atoms with E-state index >= 15 is 0 Å². The molecule has 0 heterocycles. The van der Waals surface area contributed by atoms with Gasteiger partial charge in [0, 0.05) is 12.2 Å². The molecule has 0 bridgehead atoms. The Hall–Kier alpha value is -1.70. The third-order valence-electron chi connectivity index (χ3n) is 2.23. The van der Waals surface area contributed by atoms with Crippen LogP contribution in [0, 0.1) is 11.3 Å². The average Bonchev–Trinajstić information content (AvgIpc) is 2.27. The Kier molecular flexibility index (Phi) is 4.38. The fraction of sp³-hybridized carbons (Fsp3) is 0.417. The van der Waals surface area contributed by atoms with Crippen molar-refractivity contribution in [1.29, 1.82) is 5.26 Å². The van der Waals surface area contributed by atoms with E-state index in [0.717, 1.165) is 0 Å². The maximum absolute atomic E-state index is 12.4. The fourth-order valence-corrected chi connectivity index (χ4v) is 1.53. The number of nitrogens with zero attached hydrogens (tertiary/aromatic N) is 2. The highest BCUT2D eigenvalue weighted by Gasteiger charge is 2.30. The number of nitriles is 1. The summed E-state index contributed by atoms with van der Waals surface area (Å²) in [6.07, 6.45) is -3.58. The van der Waals surface area contributed by atoms with Gasteiger partial charge in [-0.15, -0.1) is 0 Å². The van der Waals surface area contributed by atoms with Crippen molar-refractivity contribution < 1.29 is 13.2 Å². The molecule has 0 saturated carbocycles. The van der Waals surface area contributed by atoms with E-state index in [-0.39, 0.29) is 0 Å². The Labute approximate surface area is 98.3 Å². The largest absolute Gasteiger partial charge is 0.405 e. The molecule has 0 unspecified atom stereocenters. The number of alkyl halides is 3. The predicted octanol–water partition coefficient (Wildman–Crippen LogP) is 3.34. The molecule has 0 aliphatic carbocycles. The number of hydrogen-bond donors (Lipinski definition) is 0. The normalized spacial score (nSPS) is 11.0. The molecule has 1 rings (SSSR count). The van der Waals surface area contributed by atoms with Gasteiger partial charge in [-0.3, -0.25) is 0 Å². The third kappa shape index (κ3) is 4.35. The van der Waals surface area contributed by atoms with Crippen molar-refractivity contribution in [2.75, 3.05) is 18.0 Å². The Bertz CT molecular complexity index is 390. The van der Waals surface area contributed by atoms with E-state index in [0.29, 0.717) is 24.2 Å². The van der Waals surface area contributed by atoms with Gasteiger partial charge < -0.3 is 4.90 Å². The number of halogens is 3. The zero-order valence-corrected chi connectivity index (χ0v) is 9.46. The third-order valence-corrected chi connectivity index (χ3v) is 2.23. The summed E-state index contributed by atoms with van der Waals surface area (Å²) in [6, 6.07) is 8.06. The van der Waals surface area contributed by atoms with Crippen LogP contribution in [0.4, 0.5) is 18.9 Å². The van der Waals surface area contributed by atoms with E-state index < -0.39 is 12.7 Å². The minimum atomic E-state index is -4.22. The zero-order chi connectivity index (χ0) is 12.9. The van der Waals surface area contributed by atoms with Crippen LogP contribution in [-0.4, -0.2) is 19.3 Å². The second kappa shape index (κ2) is 5.58. The van der Waals surface area contributed by atoms with Gasteiger partial charge in [0.15, 0.2) is 0 Å². The summed E-state index contributed by atoms with van der Waals surface area (Å²) in [5.74, 6) is 0. The molecule has 0 amide bonds. The molecule has 0 N–H and O–H groups in total. The maximum Gasteiger partial charge on any atom is 0.405 e. The van der Waals surface area contributed by atoms with Crippen LogP contribution in [0.3, 0.4) is 0 Å². The van der Waals surface area contributed by atoms with E-state index in [2.05, 4.69) is 0 Å². The molecule has 0 saturated heterocycles. The van der Waals surface area contributed by atoms with Crippen LogP contribution in [0.15, 0.2) is 24.3 Å². The van der Waals surface area contributed by atoms with Crippen LogP contribution in [0.5, 0.6) is 0 Å². The summed E-state index contributed by atoms with van der Waals surface area (Å²) in [7, 11) is 0. The molecule has 0 aromatic heterocycles. The minimum absolute atomic E-state index is 0.339. The van der Waals surface area contributed by atoms with Crippen molar-refractivity contribution in [3.05, 3.63) is 29.8 Å². The molecular weight excluding hydrogens is 229 g/mol. The smallest absolute Gasteiger partial charge is 0.363 e. The Morgan fingerprint density at radius 2 is 1.82 bits per heavy atom. The van der Waals surface area contributed by atoms with E-state index in [1.165, 1.54) is 17.0 Å². The molecule has 2 nitrogen and oxygen atoms in total. The van der Waals surface area contributed by atoms with E-state index in [4.69, 9.17) is 5.26 Å². The predicted molar refractivity (Wildman–Crippen MR) is 59.7 cm³/mol. The number of hydrogen-bond acceptors (Lipinski definition) is 2. The second-order valence-electron chi connectivity index (χ2n) is 3.70.